The number of nitriles is 2. The van der Waals surface area contributed by atoms with Crippen molar-refractivity contribution in [1.82, 2.24) is 4.98 Å². The number of hydrogen-bond donors (Lipinski definition) is 0. The molecule has 0 aliphatic rings. The molecule has 1 aromatic rings. The number of alkyl halides is 3. The quantitative estimate of drug-likeness (QED) is 0.843. The predicted molar refractivity (Wildman–Crippen MR) is 64.6 cm³/mol. The summed E-state index contributed by atoms with van der Waals surface area (Å²) in [4.78, 5) is 3.95. The summed E-state index contributed by atoms with van der Waals surface area (Å²) in [6.45, 7) is 0. The molecular formula is C12H9BrF3N3. The van der Waals surface area contributed by atoms with Crippen LogP contribution < -0.4 is 0 Å². The molecular weight excluding hydrogens is 323 g/mol. The van der Waals surface area contributed by atoms with Crippen LogP contribution in [0.15, 0.2) is 22.8 Å². The maximum absolute atomic E-state index is 12.2. The fourth-order valence-corrected chi connectivity index (χ4v) is 1.90. The van der Waals surface area contributed by atoms with Gasteiger partial charge in [-0.1, -0.05) is 15.9 Å². The highest BCUT2D eigenvalue weighted by Gasteiger charge is 2.37. The minimum atomic E-state index is -4.39. The second kappa shape index (κ2) is 6.03. The van der Waals surface area contributed by atoms with Crippen molar-refractivity contribution in [2.24, 2.45) is 5.41 Å². The zero-order chi connectivity index (χ0) is 14.5. The average Bonchev–Trinajstić information content (AvgIpc) is 2.34. The molecule has 0 N–H and O–H groups in total. The maximum atomic E-state index is 12.2. The van der Waals surface area contributed by atoms with E-state index in [1.807, 2.05) is 0 Å². The van der Waals surface area contributed by atoms with Crippen LogP contribution in [0, 0.1) is 28.1 Å². The van der Waals surface area contributed by atoms with Crippen LogP contribution >= 0.6 is 15.9 Å². The van der Waals surface area contributed by atoms with Crippen molar-refractivity contribution < 1.29 is 13.2 Å². The molecule has 0 saturated heterocycles. The van der Waals surface area contributed by atoms with Gasteiger partial charge in [0.15, 0.2) is 0 Å². The van der Waals surface area contributed by atoms with Crippen LogP contribution in [0.2, 0.25) is 0 Å². The summed E-state index contributed by atoms with van der Waals surface area (Å²) in [7, 11) is 0. The van der Waals surface area contributed by atoms with E-state index in [4.69, 9.17) is 10.5 Å². The van der Waals surface area contributed by atoms with E-state index in [9.17, 15) is 13.2 Å². The summed E-state index contributed by atoms with van der Waals surface area (Å²) >= 11 is 3.20. The van der Waals surface area contributed by atoms with Gasteiger partial charge >= 0.3 is 6.18 Å². The Hall–Kier alpha value is -1.60. The SMILES string of the molecule is N#CC(C#N)(CCC(F)(F)F)Cc1cc(Br)ccn1. The molecule has 100 valence electrons. The van der Waals surface area contributed by atoms with E-state index in [0.29, 0.717) is 10.2 Å². The highest BCUT2D eigenvalue weighted by molar-refractivity contribution is 9.10. The third kappa shape index (κ3) is 4.88. The smallest absolute Gasteiger partial charge is 0.261 e. The molecule has 0 saturated carbocycles. The third-order valence-electron chi connectivity index (χ3n) is 2.52. The number of pyridine rings is 1. The lowest BCUT2D eigenvalue weighted by Crippen LogP contribution is -2.23. The fourth-order valence-electron chi connectivity index (χ4n) is 1.51. The molecule has 7 heteroatoms. The second-order valence-corrected chi connectivity index (χ2v) is 4.98. The van der Waals surface area contributed by atoms with Crippen molar-refractivity contribution in [3.63, 3.8) is 0 Å². The molecule has 0 bridgehead atoms. The third-order valence-corrected chi connectivity index (χ3v) is 3.02. The van der Waals surface area contributed by atoms with Crippen molar-refractivity contribution in [2.45, 2.75) is 25.4 Å². The van der Waals surface area contributed by atoms with Crippen LogP contribution in [0.1, 0.15) is 18.5 Å². The Labute approximate surface area is 116 Å². The Balaban J connectivity index is 2.89. The maximum Gasteiger partial charge on any atom is 0.389 e. The highest BCUT2D eigenvalue weighted by Crippen LogP contribution is 2.33. The normalized spacial score (nSPS) is 11.7. The molecule has 0 spiro atoms. The van der Waals surface area contributed by atoms with Crippen molar-refractivity contribution in [1.29, 1.82) is 10.5 Å². The lowest BCUT2D eigenvalue weighted by atomic mass is 9.81. The van der Waals surface area contributed by atoms with Gasteiger partial charge in [0.2, 0.25) is 0 Å². The van der Waals surface area contributed by atoms with E-state index in [0.717, 1.165) is 0 Å². The Bertz CT molecular complexity index is 514. The Kier molecular flexibility index (Phi) is 4.90. The zero-order valence-electron chi connectivity index (χ0n) is 9.71. The standard InChI is InChI=1S/C12H9BrF3N3/c13-9-1-4-19-10(5-9)6-11(7-17,8-18)2-3-12(14,15)16/h1,4-5H,2-3,6H2. The zero-order valence-corrected chi connectivity index (χ0v) is 11.3. The van der Waals surface area contributed by atoms with Gasteiger partial charge in [-0.3, -0.25) is 4.98 Å². The van der Waals surface area contributed by atoms with Gasteiger partial charge in [0.1, 0.15) is 5.41 Å². The van der Waals surface area contributed by atoms with Gasteiger partial charge in [-0.2, -0.15) is 23.7 Å². The van der Waals surface area contributed by atoms with E-state index in [1.165, 1.54) is 6.20 Å². The molecule has 0 radical (unpaired) electrons. The van der Waals surface area contributed by atoms with Crippen LogP contribution in [0.5, 0.6) is 0 Å². The first kappa shape index (κ1) is 15.5. The number of halogens is 4. The summed E-state index contributed by atoms with van der Waals surface area (Å²) in [5.74, 6) is 0. The molecule has 1 rings (SSSR count). The van der Waals surface area contributed by atoms with Crippen LogP contribution in [-0.2, 0) is 6.42 Å². The number of hydrogen-bond acceptors (Lipinski definition) is 3. The van der Waals surface area contributed by atoms with E-state index in [1.54, 1.807) is 24.3 Å². The largest absolute Gasteiger partial charge is 0.389 e. The molecule has 3 nitrogen and oxygen atoms in total. The topological polar surface area (TPSA) is 60.5 Å². The number of aromatic nitrogens is 1. The van der Waals surface area contributed by atoms with Gasteiger partial charge in [0.25, 0.3) is 0 Å². The first-order valence-corrected chi connectivity index (χ1v) is 6.09. The monoisotopic (exact) mass is 331 g/mol. The second-order valence-electron chi connectivity index (χ2n) is 4.06. The van der Waals surface area contributed by atoms with E-state index >= 15 is 0 Å². The van der Waals surface area contributed by atoms with Gasteiger partial charge in [-0.05, 0) is 18.6 Å². The van der Waals surface area contributed by atoms with Crippen LogP contribution in [0.3, 0.4) is 0 Å². The Morgan fingerprint density at radius 1 is 1.21 bits per heavy atom. The van der Waals surface area contributed by atoms with Crippen molar-refractivity contribution in [3.8, 4) is 12.1 Å². The van der Waals surface area contributed by atoms with Crippen LogP contribution in [-0.4, -0.2) is 11.2 Å². The molecule has 0 fully saturated rings. The first-order chi connectivity index (χ1) is 8.80. The summed E-state index contributed by atoms with van der Waals surface area (Å²) in [5.41, 5.74) is -1.30. The average molecular weight is 332 g/mol. The van der Waals surface area contributed by atoms with Gasteiger partial charge in [0.05, 0.1) is 12.1 Å². The van der Waals surface area contributed by atoms with Gasteiger partial charge in [-0.25, -0.2) is 0 Å². The number of rotatable bonds is 4. The lowest BCUT2D eigenvalue weighted by molar-refractivity contribution is -0.138. The highest BCUT2D eigenvalue weighted by atomic mass is 79.9. The van der Waals surface area contributed by atoms with E-state index in [2.05, 4.69) is 20.9 Å². The summed E-state index contributed by atoms with van der Waals surface area (Å²) in [6, 6.07) is 6.61. The molecule has 0 aliphatic carbocycles. The van der Waals surface area contributed by atoms with Gasteiger partial charge in [-0.15, -0.1) is 0 Å². The fraction of sp³-hybridized carbons (Fsp3) is 0.417. The van der Waals surface area contributed by atoms with Crippen LogP contribution in [0.4, 0.5) is 13.2 Å². The summed E-state index contributed by atoms with van der Waals surface area (Å²) in [6.07, 6.45) is -4.78. The number of nitrogens with zero attached hydrogens (tertiary/aromatic N) is 3. The summed E-state index contributed by atoms with van der Waals surface area (Å²) in [5, 5.41) is 18.0. The minimum Gasteiger partial charge on any atom is -0.261 e. The molecule has 0 aromatic carbocycles. The molecule has 0 unspecified atom stereocenters. The lowest BCUT2D eigenvalue weighted by Gasteiger charge is -2.19. The first-order valence-electron chi connectivity index (χ1n) is 5.30. The summed E-state index contributed by atoms with van der Waals surface area (Å²) < 4.78 is 37.4. The van der Waals surface area contributed by atoms with E-state index in [-0.39, 0.29) is 6.42 Å². The van der Waals surface area contributed by atoms with E-state index < -0.39 is 24.4 Å². The van der Waals surface area contributed by atoms with Gasteiger partial charge in [0, 0.05) is 29.2 Å². The Morgan fingerprint density at radius 2 is 1.84 bits per heavy atom. The van der Waals surface area contributed by atoms with Crippen molar-refractivity contribution in [2.75, 3.05) is 0 Å². The van der Waals surface area contributed by atoms with Crippen molar-refractivity contribution in [3.05, 3.63) is 28.5 Å². The molecule has 0 atom stereocenters. The van der Waals surface area contributed by atoms with Crippen molar-refractivity contribution >= 4 is 15.9 Å². The van der Waals surface area contributed by atoms with Gasteiger partial charge < -0.3 is 0 Å². The predicted octanol–water partition coefficient (Wildman–Crippen LogP) is 3.76. The molecule has 0 aliphatic heterocycles. The van der Waals surface area contributed by atoms with Crippen LogP contribution in [0.25, 0.3) is 0 Å². The molecule has 1 heterocycles. The molecule has 0 amide bonds. The minimum absolute atomic E-state index is 0.129. The molecule has 1 aromatic heterocycles. The Morgan fingerprint density at radius 3 is 2.32 bits per heavy atom. The molecule has 19 heavy (non-hydrogen) atoms.